The molecule has 3 fully saturated rings. The second-order valence-corrected chi connectivity index (χ2v) is 9.53. The van der Waals surface area contributed by atoms with Crippen LogP contribution in [0.4, 0.5) is 13.2 Å². The highest BCUT2D eigenvalue weighted by molar-refractivity contribution is 7.11. The number of alkyl halides is 3. The standard InChI is InChI=1S/C18H26N2O2S.C2HF3O2/c1-12-2-5-15(23-12)9-20-7-6-14-11-22-17(16(14)10-20)8-19-18(21)13-3-4-13;3-2(4,5)1(6)7/h2,5,13-14,16-17H,3-4,6-11H2,1H3,(H,19,21);(H,6,7)/t14-,16-,17+;/m0./s1. The molecule has 30 heavy (non-hydrogen) atoms. The van der Waals surface area contributed by atoms with Crippen LogP contribution in [0.3, 0.4) is 0 Å². The number of hydrogen-bond donors (Lipinski definition) is 2. The largest absolute Gasteiger partial charge is 0.490 e. The van der Waals surface area contributed by atoms with Crippen molar-refractivity contribution in [3.63, 3.8) is 0 Å². The van der Waals surface area contributed by atoms with Gasteiger partial charge in [0.05, 0.1) is 12.7 Å². The molecular weight excluding hydrogens is 421 g/mol. The Kier molecular flexibility index (Phi) is 7.41. The number of nitrogens with one attached hydrogen (secondary N) is 1. The Balaban J connectivity index is 0.000000318. The third-order valence-corrected chi connectivity index (χ3v) is 6.72. The summed E-state index contributed by atoms with van der Waals surface area (Å²) in [7, 11) is 0. The molecule has 1 amide bonds. The first kappa shape index (κ1) is 23.0. The zero-order chi connectivity index (χ0) is 21.9. The van der Waals surface area contributed by atoms with Crippen LogP contribution in [0.2, 0.25) is 0 Å². The first-order valence-electron chi connectivity index (χ1n) is 10.1. The fraction of sp³-hybridized carbons (Fsp3) is 0.700. The van der Waals surface area contributed by atoms with Gasteiger partial charge in [0, 0.05) is 41.2 Å². The Hall–Kier alpha value is -1.65. The van der Waals surface area contributed by atoms with E-state index in [1.54, 1.807) is 0 Å². The minimum Gasteiger partial charge on any atom is -0.475 e. The molecule has 0 aromatic carbocycles. The van der Waals surface area contributed by atoms with Crippen molar-refractivity contribution in [2.45, 2.75) is 45.0 Å². The predicted molar refractivity (Wildman–Crippen MR) is 105 cm³/mol. The smallest absolute Gasteiger partial charge is 0.475 e. The molecule has 0 unspecified atom stereocenters. The maximum Gasteiger partial charge on any atom is 0.490 e. The SMILES string of the molecule is Cc1ccc(CN2CC[C@H]3CO[C@H](CNC(=O)C4CC4)[C@H]3C2)s1.O=C(O)C(F)(F)F. The highest BCUT2D eigenvalue weighted by atomic mass is 32.1. The monoisotopic (exact) mass is 448 g/mol. The lowest BCUT2D eigenvalue weighted by Crippen LogP contribution is -2.45. The summed E-state index contributed by atoms with van der Waals surface area (Å²) in [6, 6.07) is 4.46. The van der Waals surface area contributed by atoms with Crippen LogP contribution in [0.15, 0.2) is 12.1 Å². The Bertz CT molecular complexity index is 751. The number of halogens is 3. The lowest BCUT2D eigenvalue weighted by molar-refractivity contribution is -0.192. The normalized spacial score (nSPS) is 26.5. The fourth-order valence-electron chi connectivity index (χ4n) is 3.94. The predicted octanol–water partition coefficient (Wildman–Crippen LogP) is 3.05. The van der Waals surface area contributed by atoms with Crippen molar-refractivity contribution in [2.24, 2.45) is 17.8 Å². The molecule has 1 aromatic heterocycles. The molecule has 168 valence electrons. The molecular formula is C20H27F3N2O4S. The van der Waals surface area contributed by atoms with Gasteiger partial charge in [0.1, 0.15) is 0 Å². The van der Waals surface area contributed by atoms with Gasteiger partial charge in [-0.3, -0.25) is 9.69 Å². The number of carboxylic acids is 1. The Morgan fingerprint density at radius 3 is 2.57 bits per heavy atom. The number of thiophene rings is 1. The zero-order valence-electron chi connectivity index (χ0n) is 16.8. The van der Waals surface area contributed by atoms with Crippen molar-refractivity contribution in [3.05, 3.63) is 21.9 Å². The van der Waals surface area contributed by atoms with Crippen LogP contribution in [0, 0.1) is 24.7 Å². The van der Waals surface area contributed by atoms with E-state index in [0.29, 0.717) is 18.4 Å². The second kappa shape index (κ2) is 9.65. The molecule has 0 bridgehead atoms. The van der Waals surface area contributed by atoms with Gasteiger partial charge in [0.15, 0.2) is 0 Å². The maximum atomic E-state index is 11.9. The lowest BCUT2D eigenvalue weighted by Gasteiger charge is -2.35. The molecule has 3 aliphatic rings. The summed E-state index contributed by atoms with van der Waals surface area (Å²) in [6.45, 7) is 7.07. The van der Waals surface area contributed by atoms with E-state index in [9.17, 15) is 18.0 Å². The van der Waals surface area contributed by atoms with Gasteiger partial charge in [-0.15, -0.1) is 11.3 Å². The Morgan fingerprint density at radius 2 is 2.00 bits per heavy atom. The summed E-state index contributed by atoms with van der Waals surface area (Å²) in [5.74, 6) is -0.980. The number of rotatable bonds is 5. The molecule has 1 aromatic rings. The maximum absolute atomic E-state index is 11.9. The fourth-order valence-corrected chi connectivity index (χ4v) is 4.87. The summed E-state index contributed by atoms with van der Waals surface area (Å²) in [4.78, 5) is 26.2. The number of carboxylic acid groups (broad SMARTS) is 1. The first-order valence-corrected chi connectivity index (χ1v) is 10.9. The van der Waals surface area contributed by atoms with Gasteiger partial charge >= 0.3 is 12.1 Å². The van der Waals surface area contributed by atoms with Crippen LogP contribution in [-0.2, 0) is 20.9 Å². The molecule has 4 rings (SSSR count). The van der Waals surface area contributed by atoms with E-state index >= 15 is 0 Å². The van der Waals surface area contributed by atoms with Crippen molar-refractivity contribution in [2.75, 3.05) is 26.2 Å². The molecule has 2 N–H and O–H groups in total. The molecule has 3 heterocycles. The molecule has 1 saturated carbocycles. The summed E-state index contributed by atoms with van der Waals surface area (Å²) >= 11 is 1.90. The zero-order valence-corrected chi connectivity index (χ0v) is 17.6. The third kappa shape index (κ3) is 6.42. The van der Waals surface area contributed by atoms with E-state index in [4.69, 9.17) is 14.6 Å². The molecule has 1 aliphatic carbocycles. The van der Waals surface area contributed by atoms with Gasteiger partial charge in [0.25, 0.3) is 0 Å². The molecule has 6 nitrogen and oxygen atoms in total. The van der Waals surface area contributed by atoms with Crippen molar-refractivity contribution < 1.29 is 32.6 Å². The Morgan fingerprint density at radius 1 is 1.30 bits per heavy atom. The van der Waals surface area contributed by atoms with E-state index in [-0.39, 0.29) is 17.9 Å². The van der Waals surface area contributed by atoms with E-state index in [1.807, 2.05) is 11.3 Å². The van der Waals surface area contributed by atoms with Crippen LogP contribution in [-0.4, -0.2) is 60.4 Å². The molecule has 0 spiro atoms. The average Bonchev–Trinajstić information content (AvgIpc) is 3.34. The number of nitrogens with zero attached hydrogens (tertiary/aromatic N) is 1. The Labute approximate surface area is 177 Å². The van der Waals surface area contributed by atoms with E-state index in [2.05, 4.69) is 29.3 Å². The molecule has 2 saturated heterocycles. The van der Waals surface area contributed by atoms with E-state index in [0.717, 1.165) is 32.5 Å². The lowest BCUT2D eigenvalue weighted by atomic mass is 9.84. The van der Waals surface area contributed by atoms with Crippen LogP contribution in [0.25, 0.3) is 0 Å². The number of carbonyl (C=O) groups excluding carboxylic acids is 1. The van der Waals surface area contributed by atoms with Crippen LogP contribution in [0.1, 0.15) is 29.0 Å². The molecule has 10 heteroatoms. The highest BCUT2D eigenvalue weighted by Crippen LogP contribution is 2.35. The summed E-state index contributed by atoms with van der Waals surface area (Å²) < 4.78 is 37.8. The van der Waals surface area contributed by atoms with Crippen molar-refractivity contribution >= 4 is 23.2 Å². The minimum absolute atomic E-state index is 0.204. The topological polar surface area (TPSA) is 78.9 Å². The van der Waals surface area contributed by atoms with Gasteiger partial charge in [-0.2, -0.15) is 13.2 Å². The number of fused-ring (bicyclic) bond motifs is 1. The number of piperidine rings is 1. The summed E-state index contributed by atoms with van der Waals surface area (Å²) in [6.07, 6.45) is -1.52. The van der Waals surface area contributed by atoms with E-state index < -0.39 is 12.1 Å². The third-order valence-electron chi connectivity index (χ3n) is 5.74. The van der Waals surface area contributed by atoms with Gasteiger partial charge < -0.3 is 15.2 Å². The second-order valence-electron chi connectivity index (χ2n) is 8.15. The number of aliphatic carboxylic acids is 1. The minimum atomic E-state index is -5.08. The summed E-state index contributed by atoms with van der Waals surface area (Å²) in [5, 5.41) is 10.2. The number of likely N-dealkylation sites (tertiary alicyclic amines) is 1. The van der Waals surface area contributed by atoms with Gasteiger partial charge in [-0.1, -0.05) is 0 Å². The average molecular weight is 449 g/mol. The molecule has 0 radical (unpaired) electrons. The number of amides is 1. The van der Waals surface area contributed by atoms with Crippen molar-refractivity contribution in [1.82, 2.24) is 10.2 Å². The van der Waals surface area contributed by atoms with Gasteiger partial charge in [-0.05, 0) is 50.8 Å². The van der Waals surface area contributed by atoms with Crippen molar-refractivity contribution in [1.29, 1.82) is 0 Å². The number of hydrogen-bond acceptors (Lipinski definition) is 5. The number of aryl methyl sites for hydroxylation is 1. The van der Waals surface area contributed by atoms with Gasteiger partial charge in [0.2, 0.25) is 5.91 Å². The number of ether oxygens (including phenoxy) is 1. The molecule has 3 atom stereocenters. The number of carbonyl (C=O) groups is 2. The van der Waals surface area contributed by atoms with E-state index in [1.165, 1.54) is 22.7 Å². The quantitative estimate of drug-likeness (QED) is 0.724. The van der Waals surface area contributed by atoms with Crippen LogP contribution < -0.4 is 5.32 Å². The first-order chi connectivity index (χ1) is 14.1. The van der Waals surface area contributed by atoms with Crippen molar-refractivity contribution in [3.8, 4) is 0 Å². The van der Waals surface area contributed by atoms with Gasteiger partial charge in [-0.25, -0.2) is 4.79 Å². The molecule has 2 aliphatic heterocycles. The van der Waals surface area contributed by atoms with Crippen LogP contribution in [0.5, 0.6) is 0 Å². The highest BCUT2D eigenvalue weighted by Gasteiger charge is 2.41. The summed E-state index contributed by atoms with van der Waals surface area (Å²) in [5.41, 5.74) is 0. The van der Waals surface area contributed by atoms with Crippen LogP contribution >= 0.6 is 11.3 Å².